The molecular weight excluding hydrogens is 274 g/mol. The van der Waals surface area contributed by atoms with Crippen molar-refractivity contribution < 1.29 is 14.2 Å². The molecule has 4 nitrogen and oxygen atoms in total. The van der Waals surface area contributed by atoms with Crippen LogP contribution in [0.25, 0.3) is 0 Å². The molecule has 1 unspecified atom stereocenters. The molecule has 0 spiro atoms. The van der Waals surface area contributed by atoms with Crippen LogP contribution in [0.4, 0.5) is 0 Å². The predicted molar refractivity (Wildman–Crippen MR) is 66.4 cm³/mol. The van der Waals surface area contributed by atoms with E-state index in [-0.39, 0.29) is 6.04 Å². The van der Waals surface area contributed by atoms with Crippen molar-refractivity contribution in [3.05, 3.63) is 16.1 Å². The molecule has 1 atom stereocenters. The van der Waals surface area contributed by atoms with Crippen LogP contribution in [0.2, 0.25) is 0 Å². The summed E-state index contributed by atoms with van der Waals surface area (Å²) in [5, 5.41) is 0. The first-order chi connectivity index (χ1) is 7.56. The van der Waals surface area contributed by atoms with Crippen LogP contribution in [0.15, 0.2) is 10.5 Å². The molecule has 90 valence electrons. The van der Waals surface area contributed by atoms with Gasteiger partial charge in [0.25, 0.3) is 0 Å². The number of methoxy groups -OCH3 is 3. The number of halogens is 1. The van der Waals surface area contributed by atoms with E-state index in [1.165, 1.54) is 0 Å². The number of ether oxygens (including phenoxy) is 3. The molecule has 0 heterocycles. The fourth-order valence-corrected chi connectivity index (χ4v) is 2.25. The van der Waals surface area contributed by atoms with Crippen LogP contribution in [0.5, 0.6) is 17.2 Å². The van der Waals surface area contributed by atoms with E-state index in [2.05, 4.69) is 15.9 Å². The Morgan fingerprint density at radius 1 is 1.12 bits per heavy atom. The highest BCUT2D eigenvalue weighted by Gasteiger charge is 2.20. The molecule has 0 aromatic heterocycles. The van der Waals surface area contributed by atoms with Gasteiger partial charge in [0.1, 0.15) is 10.2 Å². The quantitative estimate of drug-likeness (QED) is 0.925. The minimum atomic E-state index is -0.147. The van der Waals surface area contributed by atoms with E-state index in [0.717, 1.165) is 5.56 Å². The fraction of sp³-hybridized carbons (Fsp3) is 0.455. The Morgan fingerprint density at radius 3 is 2.06 bits per heavy atom. The Morgan fingerprint density at radius 2 is 1.69 bits per heavy atom. The molecule has 16 heavy (non-hydrogen) atoms. The number of hydrogen-bond acceptors (Lipinski definition) is 4. The van der Waals surface area contributed by atoms with Crippen LogP contribution in [-0.4, -0.2) is 21.3 Å². The molecular formula is C11H16BrNO3. The van der Waals surface area contributed by atoms with E-state index in [4.69, 9.17) is 19.9 Å². The van der Waals surface area contributed by atoms with Gasteiger partial charge < -0.3 is 19.9 Å². The molecule has 5 heteroatoms. The van der Waals surface area contributed by atoms with Gasteiger partial charge in [0.05, 0.1) is 21.3 Å². The van der Waals surface area contributed by atoms with E-state index < -0.39 is 0 Å². The molecule has 1 rings (SSSR count). The van der Waals surface area contributed by atoms with Crippen molar-refractivity contribution in [3.63, 3.8) is 0 Å². The molecule has 0 saturated carbocycles. The first-order valence-electron chi connectivity index (χ1n) is 4.80. The van der Waals surface area contributed by atoms with Crippen LogP contribution in [0.1, 0.15) is 18.5 Å². The highest BCUT2D eigenvalue weighted by Crippen LogP contribution is 2.45. The molecule has 0 amide bonds. The molecule has 0 bridgehead atoms. The first kappa shape index (κ1) is 13.1. The van der Waals surface area contributed by atoms with Gasteiger partial charge in [-0.2, -0.15) is 0 Å². The van der Waals surface area contributed by atoms with Crippen molar-refractivity contribution >= 4 is 15.9 Å². The van der Waals surface area contributed by atoms with Crippen molar-refractivity contribution in [2.75, 3.05) is 21.3 Å². The second-order valence-electron chi connectivity index (χ2n) is 3.34. The summed E-state index contributed by atoms with van der Waals surface area (Å²) in [7, 11) is 4.76. The van der Waals surface area contributed by atoms with Crippen LogP contribution in [0.3, 0.4) is 0 Å². The van der Waals surface area contributed by atoms with E-state index >= 15 is 0 Å². The van der Waals surface area contributed by atoms with Crippen LogP contribution in [-0.2, 0) is 0 Å². The maximum absolute atomic E-state index is 5.88. The van der Waals surface area contributed by atoms with Crippen molar-refractivity contribution in [1.82, 2.24) is 0 Å². The predicted octanol–water partition coefficient (Wildman–Crippen LogP) is 2.49. The second kappa shape index (κ2) is 5.41. The molecule has 0 saturated heterocycles. The van der Waals surface area contributed by atoms with Crippen molar-refractivity contribution in [2.24, 2.45) is 5.73 Å². The Bertz CT molecular complexity index is 380. The third kappa shape index (κ3) is 2.25. The molecule has 1 aromatic rings. The van der Waals surface area contributed by atoms with Crippen LogP contribution >= 0.6 is 15.9 Å². The van der Waals surface area contributed by atoms with Gasteiger partial charge in [0.15, 0.2) is 11.5 Å². The maximum Gasteiger partial charge on any atom is 0.178 e. The van der Waals surface area contributed by atoms with Gasteiger partial charge in [0.2, 0.25) is 0 Å². The lowest BCUT2D eigenvalue weighted by atomic mass is 10.1. The van der Waals surface area contributed by atoms with Crippen LogP contribution < -0.4 is 19.9 Å². The zero-order valence-electron chi connectivity index (χ0n) is 9.83. The molecule has 0 fully saturated rings. The Hall–Kier alpha value is -0.940. The summed E-state index contributed by atoms with van der Waals surface area (Å²) in [4.78, 5) is 0. The Balaban J connectivity index is 3.47. The largest absolute Gasteiger partial charge is 0.495 e. The van der Waals surface area contributed by atoms with Crippen LogP contribution in [0, 0.1) is 0 Å². The standard InChI is InChI=1S/C11H16BrNO3/c1-6(13)7-5-8(14-2)11(16-4)9(12)10(7)15-3/h5-6H,13H2,1-4H3. The second-order valence-corrected chi connectivity index (χ2v) is 4.13. The van der Waals surface area contributed by atoms with Gasteiger partial charge in [-0.15, -0.1) is 0 Å². The van der Waals surface area contributed by atoms with Gasteiger partial charge >= 0.3 is 0 Å². The van der Waals surface area contributed by atoms with E-state index in [0.29, 0.717) is 21.7 Å². The fourth-order valence-electron chi connectivity index (χ4n) is 1.50. The SMILES string of the molecule is COc1cc(C(C)N)c(OC)c(Br)c1OC. The summed E-state index contributed by atoms with van der Waals surface area (Å²) in [6.07, 6.45) is 0. The molecule has 0 aliphatic rings. The van der Waals surface area contributed by atoms with Gasteiger partial charge in [-0.25, -0.2) is 0 Å². The third-order valence-electron chi connectivity index (χ3n) is 2.29. The molecule has 2 N–H and O–H groups in total. The van der Waals surface area contributed by atoms with Gasteiger partial charge in [-0.1, -0.05) is 0 Å². The summed E-state index contributed by atoms with van der Waals surface area (Å²) >= 11 is 3.43. The summed E-state index contributed by atoms with van der Waals surface area (Å²) < 4.78 is 16.5. The monoisotopic (exact) mass is 289 g/mol. The lowest BCUT2D eigenvalue weighted by Gasteiger charge is -2.18. The summed E-state index contributed by atoms with van der Waals surface area (Å²) in [6.45, 7) is 1.89. The normalized spacial score (nSPS) is 12.1. The lowest BCUT2D eigenvalue weighted by Crippen LogP contribution is -2.08. The van der Waals surface area contributed by atoms with Crippen molar-refractivity contribution in [2.45, 2.75) is 13.0 Å². The molecule has 0 radical (unpaired) electrons. The third-order valence-corrected chi connectivity index (χ3v) is 3.01. The van der Waals surface area contributed by atoms with Crippen molar-refractivity contribution in [1.29, 1.82) is 0 Å². The van der Waals surface area contributed by atoms with Gasteiger partial charge in [-0.3, -0.25) is 0 Å². The maximum atomic E-state index is 5.88. The summed E-state index contributed by atoms with van der Waals surface area (Å²) in [5.41, 5.74) is 6.74. The van der Waals surface area contributed by atoms with Gasteiger partial charge in [0, 0.05) is 11.6 Å². The Labute approximate surface area is 104 Å². The van der Waals surface area contributed by atoms with E-state index in [9.17, 15) is 0 Å². The summed E-state index contributed by atoms with van der Waals surface area (Å²) in [5.74, 6) is 1.90. The number of nitrogens with two attached hydrogens (primary N) is 1. The highest BCUT2D eigenvalue weighted by atomic mass is 79.9. The van der Waals surface area contributed by atoms with E-state index in [1.807, 2.05) is 13.0 Å². The summed E-state index contributed by atoms with van der Waals surface area (Å²) in [6, 6.07) is 1.68. The molecule has 1 aromatic carbocycles. The molecule has 0 aliphatic carbocycles. The minimum Gasteiger partial charge on any atom is -0.495 e. The smallest absolute Gasteiger partial charge is 0.178 e. The first-order valence-corrected chi connectivity index (χ1v) is 5.60. The number of hydrogen-bond donors (Lipinski definition) is 1. The Kier molecular flexibility index (Phi) is 4.44. The molecule has 0 aliphatic heterocycles. The van der Waals surface area contributed by atoms with E-state index in [1.54, 1.807) is 21.3 Å². The number of benzene rings is 1. The topological polar surface area (TPSA) is 53.7 Å². The minimum absolute atomic E-state index is 0.147. The average Bonchev–Trinajstić information content (AvgIpc) is 2.27. The highest BCUT2D eigenvalue weighted by molar-refractivity contribution is 9.10. The number of rotatable bonds is 4. The average molecular weight is 290 g/mol. The van der Waals surface area contributed by atoms with Crippen molar-refractivity contribution in [3.8, 4) is 17.2 Å². The zero-order chi connectivity index (χ0) is 12.3. The zero-order valence-corrected chi connectivity index (χ0v) is 11.4. The van der Waals surface area contributed by atoms with Gasteiger partial charge in [-0.05, 0) is 28.9 Å². The lowest BCUT2D eigenvalue weighted by molar-refractivity contribution is 0.343.